The Bertz CT molecular complexity index is 964. The standard InChI is InChI=1S/C19H15F2N3O3S/c20-18(21)27-15-9-5-4-8-14(15)23-16(25)10-13-11-28-19(22-13)24-17(26)12-6-2-1-3-7-12/h1-9,11,18H,10H2,(H,23,25)(H,22,24,26). The van der Waals surface area contributed by atoms with Gasteiger partial charge in [0.05, 0.1) is 17.8 Å². The van der Waals surface area contributed by atoms with Gasteiger partial charge in [0.25, 0.3) is 5.91 Å². The SMILES string of the molecule is O=C(Cc1csc(NC(=O)c2ccccc2)n1)Nc1ccccc1OC(F)F. The molecular formula is C19H15F2N3O3S. The lowest BCUT2D eigenvalue weighted by molar-refractivity contribution is -0.115. The summed E-state index contributed by atoms with van der Waals surface area (Å²) in [5, 5.41) is 7.19. The number of alkyl halides is 2. The summed E-state index contributed by atoms with van der Waals surface area (Å²) in [6.07, 6.45) is -0.0826. The Hall–Kier alpha value is -3.33. The molecule has 0 aliphatic carbocycles. The summed E-state index contributed by atoms with van der Waals surface area (Å²) in [5.74, 6) is -0.875. The summed E-state index contributed by atoms with van der Waals surface area (Å²) in [6.45, 7) is -2.99. The predicted molar refractivity (Wildman–Crippen MR) is 102 cm³/mol. The first kappa shape index (κ1) is 19.4. The van der Waals surface area contributed by atoms with Gasteiger partial charge < -0.3 is 10.1 Å². The minimum atomic E-state index is -2.99. The zero-order valence-electron chi connectivity index (χ0n) is 14.4. The normalized spacial score (nSPS) is 10.5. The van der Waals surface area contributed by atoms with Crippen molar-refractivity contribution in [3.05, 3.63) is 71.2 Å². The van der Waals surface area contributed by atoms with Crippen molar-refractivity contribution in [2.24, 2.45) is 0 Å². The van der Waals surface area contributed by atoms with E-state index < -0.39 is 12.5 Å². The van der Waals surface area contributed by atoms with Gasteiger partial charge in [-0.2, -0.15) is 8.78 Å². The van der Waals surface area contributed by atoms with Gasteiger partial charge >= 0.3 is 6.61 Å². The van der Waals surface area contributed by atoms with Crippen LogP contribution in [-0.2, 0) is 11.2 Å². The zero-order chi connectivity index (χ0) is 19.9. The Morgan fingerprint density at radius 1 is 1.04 bits per heavy atom. The summed E-state index contributed by atoms with van der Waals surface area (Å²) in [4.78, 5) is 28.5. The second-order valence-electron chi connectivity index (χ2n) is 5.56. The predicted octanol–water partition coefficient (Wildman–Crippen LogP) is 4.18. The van der Waals surface area contributed by atoms with Crippen LogP contribution >= 0.6 is 11.3 Å². The molecule has 144 valence electrons. The molecule has 6 nitrogen and oxygen atoms in total. The molecule has 2 amide bonds. The first-order chi connectivity index (χ1) is 13.5. The van der Waals surface area contributed by atoms with Crippen LogP contribution in [0, 0.1) is 0 Å². The Labute approximate surface area is 163 Å². The summed E-state index contributed by atoms with van der Waals surface area (Å²) < 4.78 is 29.2. The number of hydrogen-bond acceptors (Lipinski definition) is 5. The van der Waals surface area contributed by atoms with Crippen LogP contribution in [0.3, 0.4) is 0 Å². The summed E-state index contributed by atoms with van der Waals surface area (Å²) in [7, 11) is 0. The highest BCUT2D eigenvalue weighted by molar-refractivity contribution is 7.14. The maximum absolute atomic E-state index is 12.4. The van der Waals surface area contributed by atoms with Crippen LogP contribution in [-0.4, -0.2) is 23.4 Å². The van der Waals surface area contributed by atoms with E-state index in [1.165, 1.54) is 29.5 Å². The van der Waals surface area contributed by atoms with E-state index in [0.29, 0.717) is 16.4 Å². The largest absolute Gasteiger partial charge is 0.433 e. The molecule has 0 unspecified atom stereocenters. The van der Waals surface area contributed by atoms with Crippen molar-refractivity contribution in [2.45, 2.75) is 13.0 Å². The second kappa shape index (κ2) is 9.05. The first-order valence-corrected chi connectivity index (χ1v) is 9.04. The number of benzene rings is 2. The smallest absolute Gasteiger partial charge is 0.387 e. The van der Waals surface area contributed by atoms with Gasteiger partial charge in [-0.05, 0) is 24.3 Å². The molecule has 0 fully saturated rings. The molecule has 0 aliphatic rings. The molecule has 0 saturated carbocycles. The summed E-state index contributed by atoms with van der Waals surface area (Å²) >= 11 is 1.19. The van der Waals surface area contributed by atoms with Gasteiger partial charge in [0.15, 0.2) is 5.13 Å². The number of hydrogen-bond donors (Lipinski definition) is 2. The lowest BCUT2D eigenvalue weighted by atomic mass is 10.2. The van der Waals surface area contributed by atoms with E-state index in [2.05, 4.69) is 20.4 Å². The van der Waals surface area contributed by atoms with Crippen LogP contribution in [0.2, 0.25) is 0 Å². The average molecular weight is 403 g/mol. The maximum atomic E-state index is 12.4. The molecule has 0 spiro atoms. The van der Waals surface area contributed by atoms with Crippen molar-refractivity contribution in [3.8, 4) is 5.75 Å². The Kier molecular flexibility index (Phi) is 6.28. The van der Waals surface area contributed by atoms with Crippen LogP contribution in [0.1, 0.15) is 16.1 Å². The van der Waals surface area contributed by atoms with Gasteiger partial charge in [-0.25, -0.2) is 4.98 Å². The molecule has 0 radical (unpaired) electrons. The van der Waals surface area contributed by atoms with E-state index in [0.717, 1.165) is 0 Å². The Morgan fingerprint density at radius 3 is 2.50 bits per heavy atom. The number of nitrogens with zero attached hydrogens (tertiary/aromatic N) is 1. The fraction of sp³-hybridized carbons (Fsp3) is 0.105. The third kappa shape index (κ3) is 5.34. The van der Waals surface area contributed by atoms with E-state index in [1.54, 1.807) is 41.8 Å². The highest BCUT2D eigenvalue weighted by atomic mass is 32.1. The monoisotopic (exact) mass is 403 g/mol. The minimum absolute atomic E-state index is 0.0826. The molecule has 2 N–H and O–H groups in total. The topological polar surface area (TPSA) is 80.3 Å². The van der Waals surface area contributed by atoms with Crippen LogP contribution in [0.25, 0.3) is 0 Å². The first-order valence-electron chi connectivity index (χ1n) is 8.16. The average Bonchev–Trinajstić information content (AvgIpc) is 3.10. The lowest BCUT2D eigenvalue weighted by Gasteiger charge is -2.11. The Morgan fingerprint density at radius 2 is 1.75 bits per heavy atom. The quantitative estimate of drug-likeness (QED) is 0.620. The number of aromatic nitrogens is 1. The third-order valence-electron chi connectivity index (χ3n) is 3.53. The third-order valence-corrected chi connectivity index (χ3v) is 4.33. The number of rotatable bonds is 7. The number of carbonyl (C=O) groups excluding carboxylic acids is 2. The number of amides is 2. The molecule has 1 heterocycles. The number of ether oxygens (including phenoxy) is 1. The van der Waals surface area contributed by atoms with E-state index in [-0.39, 0.29) is 23.8 Å². The molecule has 28 heavy (non-hydrogen) atoms. The molecule has 1 aromatic heterocycles. The van der Waals surface area contributed by atoms with Crippen LogP contribution in [0.15, 0.2) is 60.0 Å². The van der Waals surface area contributed by atoms with Gasteiger partial charge in [-0.15, -0.1) is 11.3 Å². The van der Waals surface area contributed by atoms with Gasteiger partial charge in [0, 0.05) is 10.9 Å². The minimum Gasteiger partial charge on any atom is -0.433 e. The molecule has 0 saturated heterocycles. The van der Waals surface area contributed by atoms with Crippen molar-refractivity contribution >= 4 is 34.0 Å². The molecule has 0 atom stereocenters. The van der Waals surface area contributed by atoms with E-state index >= 15 is 0 Å². The molecule has 0 aliphatic heterocycles. The second-order valence-corrected chi connectivity index (χ2v) is 6.42. The van der Waals surface area contributed by atoms with Crippen molar-refractivity contribution in [2.75, 3.05) is 10.6 Å². The van der Waals surface area contributed by atoms with Crippen LogP contribution in [0.5, 0.6) is 5.75 Å². The van der Waals surface area contributed by atoms with Gasteiger partial charge in [-0.3, -0.25) is 14.9 Å². The number of halogens is 2. The van der Waals surface area contributed by atoms with Gasteiger partial charge in [-0.1, -0.05) is 30.3 Å². The maximum Gasteiger partial charge on any atom is 0.387 e. The molecule has 0 bridgehead atoms. The van der Waals surface area contributed by atoms with E-state index in [1.807, 2.05) is 0 Å². The zero-order valence-corrected chi connectivity index (χ0v) is 15.2. The van der Waals surface area contributed by atoms with Gasteiger partial charge in [0.1, 0.15) is 5.75 Å². The lowest BCUT2D eigenvalue weighted by Crippen LogP contribution is -2.16. The fourth-order valence-corrected chi connectivity index (χ4v) is 3.04. The van der Waals surface area contributed by atoms with Crippen molar-refractivity contribution < 1.29 is 23.1 Å². The highest BCUT2D eigenvalue weighted by Crippen LogP contribution is 2.26. The van der Waals surface area contributed by atoms with Crippen molar-refractivity contribution in [1.29, 1.82) is 0 Å². The molecule has 3 rings (SSSR count). The number of thiazole rings is 1. The van der Waals surface area contributed by atoms with Gasteiger partial charge in [0.2, 0.25) is 5.91 Å². The molecular weight excluding hydrogens is 388 g/mol. The van der Waals surface area contributed by atoms with E-state index in [4.69, 9.17) is 0 Å². The fourth-order valence-electron chi connectivity index (χ4n) is 2.33. The van der Waals surface area contributed by atoms with Crippen LogP contribution in [0.4, 0.5) is 19.6 Å². The molecule has 2 aromatic carbocycles. The van der Waals surface area contributed by atoms with Crippen molar-refractivity contribution in [1.82, 2.24) is 4.98 Å². The molecule has 3 aromatic rings. The number of nitrogens with one attached hydrogen (secondary N) is 2. The summed E-state index contributed by atoms with van der Waals surface area (Å²) in [5.41, 5.74) is 1.08. The highest BCUT2D eigenvalue weighted by Gasteiger charge is 2.14. The Balaban J connectivity index is 1.59. The summed E-state index contributed by atoms with van der Waals surface area (Å²) in [6, 6.07) is 14.6. The van der Waals surface area contributed by atoms with Crippen LogP contribution < -0.4 is 15.4 Å². The number of para-hydroxylation sites is 2. The van der Waals surface area contributed by atoms with Crippen molar-refractivity contribution in [3.63, 3.8) is 0 Å². The van der Waals surface area contributed by atoms with E-state index in [9.17, 15) is 18.4 Å². The number of anilines is 2. The number of carbonyl (C=O) groups is 2. The molecule has 9 heteroatoms.